The molecule has 0 aliphatic carbocycles. The fourth-order valence-corrected chi connectivity index (χ4v) is 1.99. The third-order valence-corrected chi connectivity index (χ3v) is 2.79. The van der Waals surface area contributed by atoms with E-state index in [2.05, 4.69) is 46.1 Å². The standard InChI is InChI=1S/C12H12INO/c1-14-8-11-5-6-12(15-11)9-3-2-4-10(13)7-9/h2-7,14H,8H2,1H3. The molecule has 2 aromatic rings. The number of hydrogen-bond donors (Lipinski definition) is 1. The molecule has 0 radical (unpaired) electrons. The molecular formula is C12H12INO. The maximum absolute atomic E-state index is 5.70. The van der Waals surface area contributed by atoms with Gasteiger partial charge < -0.3 is 9.73 Å². The van der Waals surface area contributed by atoms with Crippen LogP contribution in [-0.2, 0) is 6.54 Å². The van der Waals surface area contributed by atoms with Gasteiger partial charge in [-0.15, -0.1) is 0 Å². The summed E-state index contributed by atoms with van der Waals surface area (Å²) in [4.78, 5) is 0. The van der Waals surface area contributed by atoms with Gasteiger partial charge in [0.2, 0.25) is 0 Å². The van der Waals surface area contributed by atoms with Crippen molar-refractivity contribution in [1.82, 2.24) is 5.32 Å². The molecule has 0 aliphatic rings. The Hall–Kier alpha value is -0.810. The third-order valence-electron chi connectivity index (χ3n) is 2.12. The summed E-state index contributed by atoms with van der Waals surface area (Å²) in [5.74, 6) is 1.89. The second kappa shape index (κ2) is 4.81. The quantitative estimate of drug-likeness (QED) is 0.880. The number of nitrogens with one attached hydrogen (secondary N) is 1. The molecule has 0 saturated heterocycles. The Bertz CT molecular complexity index is 450. The molecule has 0 amide bonds. The predicted octanol–water partition coefficient (Wildman–Crippen LogP) is 3.27. The van der Waals surface area contributed by atoms with E-state index in [4.69, 9.17) is 4.42 Å². The van der Waals surface area contributed by atoms with Crippen molar-refractivity contribution in [3.63, 3.8) is 0 Å². The fraction of sp³-hybridized carbons (Fsp3) is 0.167. The van der Waals surface area contributed by atoms with Crippen molar-refractivity contribution < 1.29 is 4.42 Å². The van der Waals surface area contributed by atoms with Gasteiger partial charge in [0.15, 0.2) is 0 Å². The summed E-state index contributed by atoms with van der Waals surface area (Å²) in [5.41, 5.74) is 1.13. The minimum Gasteiger partial charge on any atom is -0.460 e. The molecule has 0 saturated carbocycles. The van der Waals surface area contributed by atoms with Gasteiger partial charge in [-0.3, -0.25) is 0 Å². The van der Waals surface area contributed by atoms with Gasteiger partial charge in [0.05, 0.1) is 6.54 Å². The van der Waals surface area contributed by atoms with E-state index in [1.165, 1.54) is 3.57 Å². The van der Waals surface area contributed by atoms with Crippen LogP contribution in [-0.4, -0.2) is 7.05 Å². The van der Waals surface area contributed by atoms with Crippen molar-refractivity contribution in [2.75, 3.05) is 7.05 Å². The van der Waals surface area contributed by atoms with E-state index in [1.807, 2.05) is 25.2 Å². The number of hydrogen-bond acceptors (Lipinski definition) is 2. The van der Waals surface area contributed by atoms with Crippen LogP contribution >= 0.6 is 22.6 Å². The number of furan rings is 1. The summed E-state index contributed by atoms with van der Waals surface area (Å²) in [5, 5.41) is 3.06. The molecule has 1 N–H and O–H groups in total. The van der Waals surface area contributed by atoms with E-state index in [9.17, 15) is 0 Å². The van der Waals surface area contributed by atoms with Crippen LogP contribution in [0.1, 0.15) is 5.76 Å². The highest BCUT2D eigenvalue weighted by atomic mass is 127. The highest BCUT2D eigenvalue weighted by Gasteiger charge is 2.03. The summed E-state index contributed by atoms with van der Waals surface area (Å²) >= 11 is 2.30. The molecule has 0 spiro atoms. The number of halogens is 1. The zero-order chi connectivity index (χ0) is 10.7. The molecule has 2 rings (SSSR count). The average molecular weight is 313 g/mol. The van der Waals surface area contributed by atoms with Gasteiger partial charge in [-0.1, -0.05) is 12.1 Å². The second-order valence-corrected chi connectivity index (χ2v) is 4.55. The van der Waals surface area contributed by atoms with Crippen LogP contribution < -0.4 is 5.32 Å². The maximum Gasteiger partial charge on any atom is 0.134 e. The second-order valence-electron chi connectivity index (χ2n) is 3.31. The fourth-order valence-electron chi connectivity index (χ4n) is 1.44. The lowest BCUT2D eigenvalue weighted by Gasteiger charge is -1.98. The average Bonchev–Trinajstić information content (AvgIpc) is 2.67. The maximum atomic E-state index is 5.70. The Morgan fingerprint density at radius 3 is 2.87 bits per heavy atom. The molecule has 0 aliphatic heterocycles. The molecule has 1 aromatic carbocycles. The molecular weight excluding hydrogens is 301 g/mol. The van der Waals surface area contributed by atoms with Crippen LogP contribution in [0.3, 0.4) is 0 Å². The Morgan fingerprint density at radius 1 is 1.27 bits per heavy atom. The lowest BCUT2D eigenvalue weighted by Crippen LogP contribution is -2.03. The Morgan fingerprint density at radius 2 is 2.13 bits per heavy atom. The molecule has 0 unspecified atom stereocenters. The van der Waals surface area contributed by atoms with Crippen LogP contribution in [0.15, 0.2) is 40.8 Å². The summed E-state index contributed by atoms with van der Waals surface area (Å²) in [6.45, 7) is 0.768. The highest BCUT2D eigenvalue weighted by Crippen LogP contribution is 2.23. The van der Waals surface area contributed by atoms with Gasteiger partial charge >= 0.3 is 0 Å². The first kappa shape index (κ1) is 10.7. The normalized spacial score (nSPS) is 10.5. The van der Waals surface area contributed by atoms with E-state index >= 15 is 0 Å². The summed E-state index contributed by atoms with van der Waals surface area (Å²) in [7, 11) is 1.91. The highest BCUT2D eigenvalue weighted by molar-refractivity contribution is 14.1. The summed E-state index contributed by atoms with van der Waals surface area (Å²) < 4.78 is 6.92. The molecule has 1 aromatic heterocycles. The Balaban J connectivity index is 2.29. The van der Waals surface area contributed by atoms with Gasteiger partial charge in [-0.2, -0.15) is 0 Å². The zero-order valence-corrected chi connectivity index (χ0v) is 10.6. The van der Waals surface area contributed by atoms with Crippen molar-refractivity contribution in [3.05, 3.63) is 45.7 Å². The molecule has 15 heavy (non-hydrogen) atoms. The largest absolute Gasteiger partial charge is 0.460 e. The minimum atomic E-state index is 0.768. The van der Waals surface area contributed by atoms with Gasteiger partial charge in [-0.25, -0.2) is 0 Å². The van der Waals surface area contributed by atoms with Crippen molar-refractivity contribution in [2.24, 2.45) is 0 Å². The topological polar surface area (TPSA) is 25.2 Å². The van der Waals surface area contributed by atoms with Crippen LogP contribution in [0.2, 0.25) is 0 Å². The van der Waals surface area contributed by atoms with Crippen LogP contribution in [0.5, 0.6) is 0 Å². The third kappa shape index (κ3) is 2.60. The predicted molar refractivity (Wildman–Crippen MR) is 69.6 cm³/mol. The molecule has 3 heteroatoms. The molecule has 1 heterocycles. The SMILES string of the molecule is CNCc1ccc(-c2cccc(I)c2)o1. The lowest BCUT2D eigenvalue weighted by molar-refractivity contribution is 0.507. The Kier molecular flexibility index (Phi) is 3.43. The van der Waals surface area contributed by atoms with Crippen molar-refractivity contribution in [2.45, 2.75) is 6.54 Å². The van der Waals surface area contributed by atoms with Crippen LogP contribution in [0.4, 0.5) is 0 Å². The zero-order valence-electron chi connectivity index (χ0n) is 8.46. The first-order valence-electron chi connectivity index (χ1n) is 4.79. The summed E-state index contributed by atoms with van der Waals surface area (Å²) in [6.07, 6.45) is 0. The van der Waals surface area contributed by atoms with Crippen LogP contribution in [0, 0.1) is 3.57 Å². The van der Waals surface area contributed by atoms with E-state index in [-0.39, 0.29) is 0 Å². The van der Waals surface area contributed by atoms with E-state index < -0.39 is 0 Å². The lowest BCUT2D eigenvalue weighted by atomic mass is 10.2. The molecule has 0 bridgehead atoms. The van der Waals surface area contributed by atoms with E-state index in [0.717, 1.165) is 23.6 Å². The first-order chi connectivity index (χ1) is 7.29. The smallest absolute Gasteiger partial charge is 0.134 e. The van der Waals surface area contributed by atoms with E-state index in [0.29, 0.717) is 0 Å². The Labute approximate surface area is 103 Å². The van der Waals surface area contributed by atoms with Crippen LogP contribution in [0.25, 0.3) is 11.3 Å². The van der Waals surface area contributed by atoms with Gasteiger partial charge in [0.25, 0.3) is 0 Å². The van der Waals surface area contributed by atoms with Gasteiger partial charge in [0.1, 0.15) is 11.5 Å². The number of rotatable bonds is 3. The molecule has 0 atom stereocenters. The van der Waals surface area contributed by atoms with Crippen molar-refractivity contribution >= 4 is 22.6 Å². The van der Waals surface area contributed by atoms with Gasteiger partial charge in [-0.05, 0) is 53.9 Å². The minimum absolute atomic E-state index is 0.768. The van der Waals surface area contributed by atoms with Crippen molar-refractivity contribution in [1.29, 1.82) is 0 Å². The van der Waals surface area contributed by atoms with Crippen molar-refractivity contribution in [3.8, 4) is 11.3 Å². The first-order valence-corrected chi connectivity index (χ1v) is 5.87. The van der Waals surface area contributed by atoms with Gasteiger partial charge in [0, 0.05) is 9.13 Å². The van der Waals surface area contributed by atoms with E-state index in [1.54, 1.807) is 0 Å². The molecule has 0 fully saturated rings. The monoisotopic (exact) mass is 313 g/mol. The molecule has 78 valence electrons. The number of benzene rings is 1. The molecule has 2 nitrogen and oxygen atoms in total. The summed E-state index contributed by atoms with van der Waals surface area (Å²) in [6, 6.07) is 12.3.